The number of rotatable bonds is 4. The number of hydrogen-bond donors (Lipinski definition) is 0. The molecule has 5 nitrogen and oxygen atoms in total. The van der Waals surface area contributed by atoms with Gasteiger partial charge >= 0.3 is 11.6 Å². The summed E-state index contributed by atoms with van der Waals surface area (Å²) in [5.74, 6) is -0.686. The van der Waals surface area contributed by atoms with Crippen LogP contribution in [-0.4, -0.2) is 20.1 Å². The van der Waals surface area contributed by atoms with Gasteiger partial charge in [0, 0.05) is 19.7 Å². The summed E-state index contributed by atoms with van der Waals surface area (Å²) in [4.78, 5) is 25.5. The molecule has 0 N–H and O–H groups in total. The molecule has 0 aliphatic carbocycles. The lowest BCUT2D eigenvalue weighted by Crippen LogP contribution is -2.14. The van der Waals surface area contributed by atoms with E-state index in [1.54, 1.807) is 0 Å². The number of methoxy groups -OCH3 is 1. The van der Waals surface area contributed by atoms with Gasteiger partial charge in [-0.25, -0.2) is 9.59 Å². The molecule has 0 unspecified atom stereocenters. The summed E-state index contributed by atoms with van der Waals surface area (Å²) in [5.41, 5.74) is 2.13. The van der Waals surface area contributed by atoms with Crippen LogP contribution in [0.15, 0.2) is 45.6 Å². The summed E-state index contributed by atoms with van der Waals surface area (Å²) in [7, 11) is 3.22. The number of thiophene rings is 1. The second-order valence-corrected chi connectivity index (χ2v) is 6.66. The monoisotopic (exact) mass is 343 g/mol. The summed E-state index contributed by atoms with van der Waals surface area (Å²) in [6, 6.07) is 11.7. The van der Waals surface area contributed by atoms with Crippen LogP contribution in [0.3, 0.4) is 0 Å². The zero-order chi connectivity index (χ0) is 17.3. The first-order chi connectivity index (χ1) is 11.5. The van der Waals surface area contributed by atoms with Crippen LogP contribution in [-0.2, 0) is 11.3 Å². The lowest BCUT2D eigenvalue weighted by molar-refractivity contribution is 0.0596. The molecule has 0 spiro atoms. The number of anilines is 1. The van der Waals surface area contributed by atoms with Gasteiger partial charge in [-0.1, -0.05) is 29.8 Å². The Balaban J connectivity index is 1.92. The highest BCUT2D eigenvalue weighted by molar-refractivity contribution is 7.22. The minimum absolute atomic E-state index is 0.0836. The van der Waals surface area contributed by atoms with Crippen LogP contribution in [0.2, 0.25) is 0 Å². The number of nitrogens with zero attached hydrogens (tertiary/aromatic N) is 1. The summed E-state index contributed by atoms with van der Waals surface area (Å²) >= 11 is 1.47. The number of benzene rings is 1. The van der Waals surface area contributed by atoms with E-state index in [-0.39, 0.29) is 5.56 Å². The Hall–Kier alpha value is -2.60. The molecule has 2 aromatic heterocycles. The molecular weight excluding hydrogens is 326 g/mol. The van der Waals surface area contributed by atoms with Gasteiger partial charge in [-0.2, -0.15) is 0 Å². The van der Waals surface area contributed by atoms with Crippen molar-refractivity contribution in [1.82, 2.24) is 0 Å². The van der Waals surface area contributed by atoms with Crippen molar-refractivity contribution in [2.45, 2.75) is 13.5 Å². The summed E-state index contributed by atoms with van der Waals surface area (Å²) in [5, 5.41) is 0.955. The lowest BCUT2D eigenvalue weighted by Gasteiger charge is -2.17. The normalized spacial score (nSPS) is 10.8. The van der Waals surface area contributed by atoms with Gasteiger partial charge in [0.2, 0.25) is 0 Å². The fraction of sp³-hybridized carbons (Fsp3) is 0.222. The topological polar surface area (TPSA) is 59.8 Å². The average molecular weight is 343 g/mol. The van der Waals surface area contributed by atoms with Crippen LogP contribution in [0.5, 0.6) is 0 Å². The van der Waals surface area contributed by atoms with E-state index in [1.807, 2.05) is 19.2 Å². The van der Waals surface area contributed by atoms with Crippen LogP contribution >= 0.6 is 11.3 Å². The van der Waals surface area contributed by atoms with Gasteiger partial charge in [0.05, 0.1) is 16.8 Å². The predicted octanol–water partition coefficient (Wildman–Crippen LogP) is 3.59. The first kappa shape index (κ1) is 16.3. The molecule has 2 heterocycles. The first-order valence-electron chi connectivity index (χ1n) is 7.40. The van der Waals surface area contributed by atoms with E-state index in [0.717, 1.165) is 16.2 Å². The van der Waals surface area contributed by atoms with E-state index < -0.39 is 11.6 Å². The molecule has 0 saturated carbocycles. The SMILES string of the molecule is COC(=O)c1cc2sc(N(C)Cc3cccc(C)c3)cc2oc1=O. The van der Waals surface area contributed by atoms with Gasteiger partial charge in [0.25, 0.3) is 0 Å². The Bertz CT molecular complexity index is 957. The third-order valence-corrected chi connectivity index (χ3v) is 4.87. The maximum Gasteiger partial charge on any atom is 0.351 e. The summed E-state index contributed by atoms with van der Waals surface area (Å²) < 4.78 is 10.6. The molecule has 0 fully saturated rings. The number of fused-ring (bicyclic) bond motifs is 1. The second kappa shape index (κ2) is 6.49. The number of esters is 1. The molecule has 1 aromatic carbocycles. The summed E-state index contributed by atoms with van der Waals surface area (Å²) in [6.45, 7) is 2.80. The van der Waals surface area contributed by atoms with Crippen LogP contribution in [0.1, 0.15) is 21.5 Å². The molecule has 0 saturated heterocycles. The van der Waals surface area contributed by atoms with Crippen LogP contribution in [0, 0.1) is 6.92 Å². The minimum Gasteiger partial charge on any atom is -0.465 e. The van der Waals surface area contributed by atoms with Crippen LogP contribution in [0.4, 0.5) is 5.00 Å². The van der Waals surface area contributed by atoms with Crippen molar-refractivity contribution in [2.24, 2.45) is 0 Å². The highest BCUT2D eigenvalue weighted by Gasteiger charge is 2.16. The molecule has 24 heavy (non-hydrogen) atoms. The zero-order valence-corrected chi connectivity index (χ0v) is 14.5. The van der Waals surface area contributed by atoms with E-state index in [9.17, 15) is 9.59 Å². The fourth-order valence-electron chi connectivity index (χ4n) is 2.50. The minimum atomic E-state index is -0.686. The fourth-order valence-corrected chi connectivity index (χ4v) is 3.49. The van der Waals surface area contributed by atoms with E-state index in [4.69, 9.17) is 4.42 Å². The Morgan fingerprint density at radius 1 is 1.29 bits per heavy atom. The van der Waals surface area contributed by atoms with Gasteiger partial charge in [0.1, 0.15) is 5.56 Å². The highest BCUT2D eigenvalue weighted by Crippen LogP contribution is 2.32. The van der Waals surface area contributed by atoms with Crippen molar-refractivity contribution in [2.75, 3.05) is 19.1 Å². The molecular formula is C18H17NO4S. The number of hydrogen-bond acceptors (Lipinski definition) is 6. The van der Waals surface area contributed by atoms with Crippen molar-refractivity contribution < 1.29 is 13.9 Å². The predicted molar refractivity (Wildman–Crippen MR) is 95.0 cm³/mol. The van der Waals surface area contributed by atoms with E-state index in [0.29, 0.717) is 5.58 Å². The average Bonchev–Trinajstić information content (AvgIpc) is 2.96. The number of ether oxygens (including phenoxy) is 1. The quantitative estimate of drug-likeness (QED) is 0.678. The van der Waals surface area contributed by atoms with Gasteiger partial charge in [-0.05, 0) is 18.6 Å². The van der Waals surface area contributed by atoms with Gasteiger partial charge in [-0.15, -0.1) is 11.3 Å². The highest BCUT2D eigenvalue weighted by atomic mass is 32.1. The standard InChI is InChI=1S/C18H17NO4S/c1-11-5-4-6-12(7-11)10-19(2)16-9-14-15(24-16)8-13(17(20)22-3)18(21)23-14/h4-9H,10H2,1-3H3. The second-order valence-electron chi connectivity index (χ2n) is 5.60. The molecule has 0 atom stereocenters. The molecule has 3 rings (SSSR count). The lowest BCUT2D eigenvalue weighted by atomic mass is 10.1. The number of carbonyl (C=O) groups is 1. The summed E-state index contributed by atoms with van der Waals surface area (Å²) in [6.07, 6.45) is 0. The molecule has 0 aliphatic rings. The molecule has 3 aromatic rings. The Kier molecular flexibility index (Phi) is 4.40. The van der Waals surface area contributed by atoms with Crippen molar-refractivity contribution in [3.8, 4) is 0 Å². The Labute approximate surface area is 143 Å². The third-order valence-electron chi connectivity index (χ3n) is 3.69. The van der Waals surface area contributed by atoms with Gasteiger partial charge < -0.3 is 14.1 Å². The largest absolute Gasteiger partial charge is 0.465 e. The molecule has 0 aliphatic heterocycles. The smallest absolute Gasteiger partial charge is 0.351 e. The third kappa shape index (κ3) is 3.19. The molecule has 0 bridgehead atoms. The molecule has 6 heteroatoms. The number of aryl methyl sites for hydroxylation is 1. The molecule has 0 radical (unpaired) electrons. The van der Waals surface area contributed by atoms with E-state index in [1.165, 1.54) is 35.6 Å². The maximum atomic E-state index is 11.9. The van der Waals surface area contributed by atoms with E-state index >= 15 is 0 Å². The Morgan fingerprint density at radius 3 is 2.79 bits per heavy atom. The number of carbonyl (C=O) groups excluding carboxylic acids is 1. The zero-order valence-electron chi connectivity index (χ0n) is 13.7. The molecule has 124 valence electrons. The van der Waals surface area contributed by atoms with Crippen molar-refractivity contribution in [1.29, 1.82) is 0 Å². The van der Waals surface area contributed by atoms with Crippen LogP contribution < -0.4 is 10.5 Å². The maximum absolute atomic E-state index is 11.9. The molecule has 0 amide bonds. The van der Waals surface area contributed by atoms with Crippen LogP contribution in [0.25, 0.3) is 10.3 Å². The van der Waals surface area contributed by atoms with Gasteiger partial charge in [0.15, 0.2) is 5.58 Å². The van der Waals surface area contributed by atoms with Crippen molar-refractivity contribution >= 4 is 32.6 Å². The van der Waals surface area contributed by atoms with Crippen molar-refractivity contribution in [3.05, 3.63) is 63.5 Å². The van der Waals surface area contributed by atoms with E-state index in [2.05, 4.69) is 34.8 Å². The van der Waals surface area contributed by atoms with Crippen molar-refractivity contribution in [3.63, 3.8) is 0 Å². The first-order valence-corrected chi connectivity index (χ1v) is 8.22. The Morgan fingerprint density at radius 2 is 2.08 bits per heavy atom. The van der Waals surface area contributed by atoms with Gasteiger partial charge in [-0.3, -0.25) is 0 Å².